The molecule has 0 spiro atoms. The number of rotatable bonds is 1. The molecule has 2 rings (SSSR count). The maximum Gasteiger partial charge on any atom is 0.254 e. The molecular formula is C13H19N3O. The van der Waals surface area contributed by atoms with E-state index in [1.165, 1.54) is 12.8 Å². The first-order chi connectivity index (χ1) is 8.18. The van der Waals surface area contributed by atoms with Crippen molar-refractivity contribution in [3.63, 3.8) is 0 Å². The SMILES string of the molecule is CC1CCCCCN1C(=O)c1ccnc(N)c1. The Morgan fingerprint density at radius 3 is 3.06 bits per heavy atom. The molecule has 1 unspecified atom stereocenters. The highest BCUT2D eigenvalue weighted by Gasteiger charge is 2.23. The maximum atomic E-state index is 12.4. The lowest BCUT2D eigenvalue weighted by molar-refractivity contribution is 0.0698. The van der Waals surface area contributed by atoms with Gasteiger partial charge >= 0.3 is 0 Å². The monoisotopic (exact) mass is 233 g/mol. The zero-order valence-electron chi connectivity index (χ0n) is 10.2. The number of hydrogen-bond donors (Lipinski definition) is 1. The zero-order chi connectivity index (χ0) is 12.3. The van der Waals surface area contributed by atoms with Crippen molar-refractivity contribution < 1.29 is 4.79 Å². The highest BCUT2D eigenvalue weighted by atomic mass is 16.2. The van der Waals surface area contributed by atoms with Crippen LogP contribution in [0, 0.1) is 0 Å². The molecule has 0 aliphatic carbocycles. The normalized spacial score (nSPS) is 21.0. The number of carbonyl (C=O) groups is 1. The summed E-state index contributed by atoms with van der Waals surface area (Å²) in [5.41, 5.74) is 6.25. The number of carbonyl (C=O) groups excluding carboxylic acids is 1. The van der Waals surface area contributed by atoms with Crippen LogP contribution in [0.25, 0.3) is 0 Å². The number of amides is 1. The fourth-order valence-corrected chi connectivity index (χ4v) is 2.32. The molecule has 1 aromatic rings. The van der Waals surface area contributed by atoms with Crippen LogP contribution in [0.4, 0.5) is 5.82 Å². The summed E-state index contributed by atoms with van der Waals surface area (Å²) in [5.74, 6) is 0.479. The topological polar surface area (TPSA) is 59.2 Å². The molecule has 4 heteroatoms. The smallest absolute Gasteiger partial charge is 0.254 e. The fourth-order valence-electron chi connectivity index (χ4n) is 2.32. The van der Waals surface area contributed by atoms with Crippen molar-refractivity contribution in [3.05, 3.63) is 23.9 Å². The van der Waals surface area contributed by atoms with Crippen LogP contribution >= 0.6 is 0 Å². The van der Waals surface area contributed by atoms with Crippen molar-refractivity contribution in [1.29, 1.82) is 0 Å². The Labute approximate surface area is 102 Å². The van der Waals surface area contributed by atoms with Gasteiger partial charge in [0.25, 0.3) is 5.91 Å². The van der Waals surface area contributed by atoms with Gasteiger partial charge in [-0.05, 0) is 31.9 Å². The summed E-state index contributed by atoms with van der Waals surface area (Å²) < 4.78 is 0. The van der Waals surface area contributed by atoms with Gasteiger partial charge in [0.2, 0.25) is 0 Å². The summed E-state index contributed by atoms with van der Waals surface area (Å²) in [6.45, 7) is 2.97. The Morgan fingerprint density at radius 2 is 2.29 bits per heavy atom. The summed E-state index contributed by atoms with van der Waals surface area (Å²) in [6.07, 6.45) is 6.20. The van der Waals surface area contributed by atoms with Crippen LogP contribution in [0.3, 0.4) is 0 Å². The van der Waals surface area contributed by atoms with E-state index in [0.29, 0.717) is 17.4 Å². The van der Waals surface area contributed by atoms with Gasteiger partial charge in [0.15, 0.2) is 0 Å². The largest absolute Gasteiger partial charge is 0.384 e. The Morgan fingerprint density at radius 1 is 1.47 bits per heavy atom. The Kier molecular flexibility index (Phi) is 3.61. The van der Waals surface area contributed by atoms with Crippen LogP contribution in [0.1, 0.15) is 43.0 Å². The summed E-state index contributed by atoms with van der Waals surface area (Å²) >= 11 is 0. The second kappa shape index (κ2) is 5.17. The Hall–Kier alpha value is -1.58. The van der Waals surface area contributed by atoms with Crippen molar-refractivity contribution in [3.8, 4) is 0 Å². The van der Waals surface area contributed by atoms with Crippen molar-refractivity contribution >= 4 is 11.7 Å². The van der Waals surface area contributed by atoms with E-state index < -0.39 is 0 Å². The highest BCUT2D eigenvalue weighted by molar-refractivity contribution is 5.95. The van der Waals surface area contributed by atoms with Crippen LogP contribution in [0.5, 0.6) is 0 Å². The lowest BCUT2D eigenvalue weighted by atomic mass is 10.1. The molecule has 92 valence electrons. The summed E-state index contributed by atoms with van der Waals surface area (Å²) in [5, 5.41) is 0. The zero-order valence-corrected chi connectivity index (χ0v) is 10.2. The van der Waals surface area contributed by atoms with Crippen LogP contribution in [0.2, 0.25) is 0 Å². The number of aromatic nitrogens is 1. The molecule has 0 radical (unpaired) electrons. The van der Waals surface area contributed by atoms with Crippen molar-refractivity contribution in [1.82, 2.24) is 9.88 Å². The van der Waals surface area contributed by atoms with E-state index in [4.69, 9.17) is 5.73 Å². The van der Waals surface area contributed by atoms with E-state index >= 15 is 0 Å². The van der Waals surface area contributed by atoms with Gasteiger partial charge in [-0.2, -0.15) is 0 Å². The predicted octanol–water partition coefficient (Wildman–Crippen LogP) is 2.07. The minimum atomic E-state index is 0.0773. The minimum Gasteiger partial charge on any atom is -0.384 e. The molecule has 1 aliphatic rings. The molecule has 1 fully saturated rings. The molecule has 1 aliphatic heterocycles. The molecule has 2 heterocycles. The minimum absolute atomic E-state index is 0.0773. The molecule has 0 bridgehead atoms. The molecule has 17 heavy (non-hydrogen) atoms. The molecule has 1 aromatic heterocycles. The van der Waals surface area contributed by atoms with Gasteiger partial charge in [-0.3, -0.25) is 4.79 Å². The van der Waals surface area contributed by atoms with E-state index in [0.717, 1.165) is 19.4 Å². The summed E-state index contributed by atoms with van der Waals surface area (Å²) in [7, 11) is 0. The average molecular weight is 233 g/mol. The third-order valence-corrected chi connectivity index (χ3v) is 3.34. The number of anilines is 1. The van der Waals surface area contributed by atoms with Gasteiger partial charge in [0.1, 0.15) is 5.82 Å². The van der Waals surface area contributed by atoms with E-state index in [-0.39, 0.29) is 5.91 Å². The first-order valence-electron chi connectivity index (χ1n) is 6.21. The summed E-state index contributed by atoms with van der Waals surface area (Å²) in [6, 6.07) is 3.70. The van der Waals surface area contributed by atoms with Crippen LogP contribution in [-0.4, -0.2) is 28.4 Å². The van der Waals surface area contributed by atoms with E-state index in [1.54, 1.807) is 18.3 Å². The van der Waals surface area contributed by atoms with Crippen molar-refractivity contribution in [2.45, 2.75) is 38.6 Å². The number of pyridine rings is 1. The highest BCUT2D eigenvalue weighted by Crippen LogP contribution is 2.19. The third-order valence-electron chi connectivity index (χ3n) is 3.34. The Balaban J connectivity index is 2.18. The number of likely N-dealkylation sites (tertiary alicyclic amines) is 1. The molecule has 1 saturated heterocycles. The standard InChI is InChI=1S/C13H19N3O/c1-10-5-3-2-4-8-16(10)13(17)11-6-7-15-12(14)9-11/h6-7,9-10H,2-5,8H2,1H3,(H2,14,15). The van der Waals surface area contributed by atoms with Gasteiger partial charge in [-0.15, -0.1) is 0 Å². The van der Waals surface area contributed by atoms with E-state index in [1.807, 2.05) is 4.90 Å². The lowest BCUT2D eigenvalue weighted by Gasteiger charge is -2.27. The Bertz CT molecular complexity index is 405. The maximum absolute atomic E-state index is 12.4. The molecule has 2 N–H and O–H groups in total. The summed E-state index contributed by atoms with van der Waals surface area (Å²) in [4.78, 5) is 18.2. The van der Waals surface area contributed by atoms with Gasteiger partial charge < -0.3 is 10.6 Å². The van der Waals surface area contributed by atoms with E-state index in [2.05, 4.69) is 11.9 Å². The van der Waals surface area contributed by atoms with Gasteiger partial charge in [-0.25, -0.2) is 4.98 Å². The van der Waals surface area contributed by atoms with Gasteiger partial charge in [-0.1, -0.05) is 12.8 Å². The first-order valence-corrected chi connectivity index (χ1v) is 6.21. The molecule has 0 aromatic carbocycles. The van der Waals surface area contributed by atoms with Crippen LogP contribution < -0.4 is 5.73 Å². The first kappa shape index (κ1) is 11.9. The number of nitrogen functional groups attached to an aromatic ring is 1. The van der Waals surface area contributed by atoms with Crippen molar-refractivity contribution in [2.75, 3.05) is 12.3 Å². The van der Waals surface area contributed by atoms with E-state index in [9.17, 15) is 4.79 Å². The number of nitrogens with two attached hydrogens (primary N) is 1. The number of hydrogen-bond acceptors (Lipinski definition) is 3. The molecule has 0 saturated carbocycles. The lowest BCUT2D eigenvalue weighted by Crippen LogP contribution is -2.38. The van der Waals surface area contributed by atoms with Crippen molar-refractivity contribution in [2.24, 2.45) is 0 Å². The quantitative estimate of drug-likeness (QED) is 0.807. The van der Waals surface area contributed by atoms with Crippen LogP contribution in [0.15, 0.2) is 18.3 Å². The number of nitrogens with zero attached hydrogens (tertiary/aromatic N) is 2. The third kappa shape index (κ3) is 2.75. The molecule has 1 atom stereocenters. The second-order valence-corrected chi connectivity index (χ2v) is 4.67. The molecule has 1 amide bonds. The predicted molar refractivity (Wildman–Crippen MR) is 67.6 cm³/mol. The van der Waals surface area contributed by atoms with Crippen LogP contribution in [-0.2, 0) is 0 Å². The fraction of sp³-hybridized carbons (Fsp3) is 0.538. The molecular weight excluding hydrogens is 214 g/mol. The molecule has 4 nitrogen and oxygen atoms in total. The van der Waals surface area contributed by atoms with Gasteiger partial charge in [0.05, 0.1) is 0 Å². The van der Waals surface area contributed by atoms with Gasteiger partial charge in [0, 0.05) is 24.3 Å². The average Bonchev–Trinajstić information content (AvgIpc) is 2.53. The second-order valence-electron chi connectivity index (χ2n) is 4.67.